The van der Waals surface area contributed by atoms with Crippen molar-refractivity contribution < 1.29 is 18.3 Å². The van der Waals surface area contributed by atoms with Crippen molar-refractivity contribution in [2.45, 2.75) is 58.1 Å². The van der Waals surface area contributed by atoms with E-state index >= 15 is 0 Å². The SMILES string of the molecule is Cc1cc(C(C)NC(=O)[C@@H]2CC2(C)c2ccc(C(C)(C)O)cc2)ccc1NS(C)(=O)=O. The zero-order valence-corrected chi connectivity index (χ0v) is 19.8. The van der Waals surface area contributed by atoms with Crippen LogP contribution in [0.2, 0.25) is 0 Å². The molecule has 7 heteroatoms. The molecule has 0 heterocycles. The van der Waals surface area contributed by atoms with E-state index in [-0.39, 0.29) is 23.3 Å². The molecule has 1 aliphatic rings. The minimum absolute atomic E-state index is 0.0116. The monoisotopic (exact) mass is 444 g/mol. The molecule has 0 bridgehead atoms. The number of benzene rings is 2. The van der Waals surface area contributed by atoms with Crippen LogP contribution in [0.3, 0.4) is 0 Å². The summed E-state index contributed by atoms with van der Waals surface area (Å²) in [4.78, 5) is 12.9. The highest BCUT2D eigenvalue weighted by molar-refractivity contribution is 7.92. The maximum Gasteiger partial charge on any atom is 0.229 e. The van der Waals surface area contributed by atoms with E-state index in [0.29, 0.717) is 5.69 Å². The van der Waals surface area contributed by atoms with Crippen LogP contribution in [0.25, 0.3) is 0 Å². The van der Waals surface area contributed by atoms with Gasteiger partial charge in [-0.1, -0.05) is 43.3 Å². The molecule has 0 aliphatic heterocycles. The van der Waals surface area contributed by atoms with Crippen molar-refractivity contribution in [3.05, 3.63) is 64.7 Å². The number of aryl methyl sites for hydroxylation is 1. The highest BCUT2D eigenvalue weighted by Crippen LogP contribution is 2.54. The third kappa shape index (κ3) is 5.28. The predicted molar refractivity (Wildman–Crippen MR) is 123 cm³/mol. The Morgan fingerprint density at radius 1 is 1.19 bits per heavy atom. The average molecular weight is 445 g/mol. The van der Waals surface area contributed by atoms with Crippen LogP contribution >= 0.6 is 0 Å². The Morgan fingerprint density at radius 2 is 1.81 bits per heavy atom. The Labute approximate surface area is 185 Å². The molecule has 6 nitrogen and oxygen atoms in total. The Hall–Kier alpha value is -2.38. The summed E-state index contributed by atoms with van der Waals surface area (Å²) >= 11 is 0. The predicted octanol–water partition coefficient (Wildman–Crippen LogP) is 3.75. The summed E-state index contributed by atoms with van der Waals surface area (Å²) in [6.07, 6.45) is 1.90. The fourth-order valence-corrected chi connectivity index (χ4v) is 4.62. The van der Waals surface area contributed by atoms with E-state index in [4.69, 9.17) is 0 Å². The van der Waals surface area contributed by atoms with Gasteiger partial charge in [0.2, 0.25) is 15.9 Å². The molecular weight excluding hydrogens is 412 g/mol. The van der Waals surface area contributed by atoms with Gasteiger partial charge in [-0.15, -0.1) is 0 Å². The number of rotatable bonds is 7. The normalized spacial score (nSPS) is 22.0. The number of hydrogen-bond donors (Lipinski definition) is 3. The lowest BCUT2D eigenvalue weighted by molar-refractivity contribution is -0.123. The molecule has 3 atom stereocenters. The van der Waals surface area contributed by atoms with Crippen LogP contribution in [-0.4, -0.2) is 25.7 Å². The number of nitrogens with one attached hydrogen (secondary N) is 2. The summed E-state index contributed by atoms with van der Waals surface area (Å²) in [7, 11) is -3.34. The largest absolute Gasteiger partial charge is 0.386 e. The van der Waals surface area contributed by atoms with Gasteiger partial charge in [0, 0.05) is 11.3 Å². The number of amides is 1. The van der Waals surface area contributed by atoms with Gasteiger partial charge in [-0.05, 0) is 62.4 Å². The third-order valence-electron chi connectivity index (χ3n) is 6.21. The number of carbonyl (C=O) groups is 1. The molecule has 1 fully saturated rings. The maximum atomic E-state index is 12.9. The van der Waals surface area contributed by atoms with E-state index in [2.05, 4.69) is 17.0 Å². The molecule has 2 unspecified atom stereocenters. The molecule has 2 aromatic rings. The van der Waals surface area contributed by atoms with Crippen molar-refractivity contribution in [3.63, 3.8) is 0 Å². The summed E-state index contributed by atoms with van der Waals surface area (Å²) in [5.41, 5.74) is 3.10. The second-order valence-corrected chi connectivity index (χ2v) is 11.2. The molecule has 2 aromatic carbocycles. The zero-order chi connectivity index (χ0) is 23.2. The van der Waals surface area contributed by atoms with Crippen molar-refractivity contribution in [2.24, 2.45) is 5.92 Å². The number of sulfonamides is 1. The van der Waals surface area contributed by atoms with Crippen molar-refractivity contribution >= 4 is 21.6 Å². The average Bonchev–Trinajstić information content (AvgIpc) is 3.35. The molecule has 0 saturated heterocycles. The third-order valence-corrected chi connectivity index (χ3v) is 6.80. The van der Waals surface area contributed by atoms with Crippen molar-refractivity contribution in [1.29, 1.82) is 0 Å². The van der Waals surface area contributed by atoms with Crippen molar-refractivity contribution in [1.82, 2.24) is 5.32 Å². The fourth-order valence-electron chi connectivity index (χ4n) is 3.99. The number of aliphatic hydroxyl groups is 1. The molecule has 1 saturated carbocycles. The quantitative estimate of drug-likeness (QED) is 0.606. The molecule has 1 amide bonds. The molecule has 3 rings (SSSR count). The lowest BCUT2D eigenvalue weighted by Crippen LogP contribution is -2.30. The van der Waals surface area contributed by atoms with Gasteiger partial charge in [0.05, 0.1) is 23.6 Å². The van der Waals surface area contributed by atoms with E-state index in [9.17, 15) is 18.3 Å². The van der Waals surface area contributed by atoms with Gasteiger partial charge in [0.25, 0.3) is 0 Å². The highest BCUT2D eigenvalue weighted by atomic mass is 32.2. The fraction of sp³-hybridized carbons (Fsp3) is 0.458. The number of hydrogen-bond acceptors (Lipinski definition) is 4. The molecular formula is C24H32N2O4S. The summed E-state index contributed by atoms with van der Waals surface area (Å²) < 4.78 is 25.4. The standard InChI is InChI=1S/C24H32N2O4S/c1-15-13-17(7-12-21(15)26-31(6,29)30)16(2)25-22(27)20-14-24(20,5)19-10-8-18(9-11-19)23(3,4)28/h7-13,16,20,26,28H,14H2,1-6H3,(H,25,27)/t16?,20-,24?/m0/s1. The minimum Gasteiger partial charge on any atom is -0.386 e. The van der Waals surface area contributed by atoms with Gasteiger partial charge in [-0.3, -0.25) is 9.52 Å². The first-order valence-electron chi connectivity index (χ1n) is 10.4. The smallest absolute Gasteiger partial charge is 0.229 e. The van der Waals surface area contributed by atoms with Gasteiger partial charge in [0.1, 0.15) is 0 Å². The molecule has 168 valence electrons. The number of anilines is 1. The van der Waals surface area contributed by atoms with E-state index in [1.807, 2.05) is 50.2 Å². The maximum absolute atomic E-state index is 12.9. The van der Waals surface area contributed by atoms with Gasteiger partial charge in [-0.2, -0.15) is 0 Å². The van der Waals surface area contributed by atoms with Crippen molar-refractivity contribution in [2.75, 3.05) is 11.0 Å². The summed E-state index contributed by atoms with van der Waals surface area (Å²) in [5, 5.41) is 13.2. The number of carbonyl (C=O) groups excluding carboxylic acids is 1. The van der Waals surface area contributed by atoms with Gasteiger partial charge >= 0.3 is 0 Å². The molecule has 1 aliphatic carbocycles. The van der Waals surface area contributed by atoms with Gasteiger partial charge in [-0.25, -0.2) is 8.42 Å². The lowest BCUT2D eigenvalue weighted by atomic mass is 9.91. The minimum atomic E-state index is -3.34. The summed E-state index contributed by atoms with van der Waals surface area (Å²) in [6.45, 7) is 9.36. The Balaban J connectivity index is 1.66. The van der Waals surface area contributed by atoms with E-state index < -0.39 is 15.6 Å². The van der Waals surface area contributed by atoms with Crippen LogP contribution in [0.1, 0.15) is 62.4 Å². The van der Waals surface area contributed by atoms with Crippen LogP contribution in [-0.2, 0) is 25.8 Å². The highest BCUT2D eigenvalue weighted by Gasteiger charge is 2.55. The first-order chi connectivity index (χ1) is 14.2. The first-order valence-corrected chi connectivity index (χ1v) is 12.3. The molecule has 0 radical (unpaired) electrons. The summed E-state index contributed by atoms with van der Waals surface area (Å²) in [5.74, 6) is -0.0900. The summed E-state index contributed by atoms with van der Waals surface area (Å²) in [6, 6.07) is 13.1. The van der Waals surface area contributed by atoms with E-state index in [1.165, 1.54) is 0 Å². The zero-order valence-electron chi connectivity index (χ0n) is 19.0. The second kappa shape index (κ2) is 7.95. The van der Waals surface area contributed by atoms with Gasteiger partial charge < -0.3 is 10.4 Å². The molecule has 31 heavy (non-hydrogen) atoms. The Bertz CT molecular complexity index is 1090. The van der Waals surface area contributed by atoms with Crippen LogP contribution in [0, 0.1) is 12.8 Å². The second-order valence-electron chi connectivity index (χ2n) is 9.49. The molecule has 3 N–H and O–H groups in total. The van der Waals surface area contributed by atoms with Gasteiger partial charge in [0.15, 0.2) is 0 Å². The first kappa shape index (κ1) is 23.3. The Kier molecular flexibility index (Phi) is 5.97. The topological polar surface area (TPSA) is 95.5 Å². The molecule has 0 aromatic heterocycles. The molecule has 0 spiro atoms. The van der Waals surface area contributed by atoms with E-state index in [1.54, 1.807) is 19.9 Å². The Morgan fingerprint density at radius 3 is 2.32 bits per heavy atom. The lowest BCUT2D eigenvalue weighted by Gasteiger charge is -2.20. The van der Waals surface area contributed by atoms with Crippen LogP contribution < -0.4 is 10.0 Å². The van der Waals surface area contributed by atoms with Crippen LogP contribution in [0.4, 0.5) is 5.69 Å². The van der Waals surface area contributed by atoms with Crippen LogP contribution in [0.15, 0.2) is 42.5 Å². The van der Waals surface area contributed by atoms with Crippen molar-refractivity contribution in [3.8, 4) is 0 Å². The van der Waals surface area contributed by atoms with E-state index in [0.717, 1.165) is 34.9 Å². The van der Waals surface area contributed by atoms with Crippen LogP contribution in [0.5, 0.6) is 0 Å².